The van der Waals surface area contributed by atoms with Gasteiger partial charge in [0.25, 0.3) is 0 Å². The molecular formula is C18H17ClF2N2O2. The number of nitrogens with one attached hydrogen (secondary N) is 2. The van der Waals surface area contributed by atoms with Crippen LogP contribution in [-0.4, -0.2) is 18.4 Å². The number of rotatable bonds is 4. The first-order chi connectivity index (χ1) is 11.7. The van der Waals surface area contributed by atoms with Gasteiger partial charge in [-0.05, 0) is 35.9 Å². The minimum absolute atomic E-state index is 0.137. The predicted octanol–water partition coefficient (Wildman–Crippen LogP) is 3.65. The highest BCUT2D eigenvalue weighted by atomic mass is 35.5. The van der Waals surface area contributed by atoms with Crippen molar-refractivity contribution in [2.45, 2.75) is 19.3 Å². The molecule has 0 aromatic heterocycles. The summed E-state index contributed by atoms with van der Waals surface area (Å²) < 4.78 is 26.6. The number of halogens is 3. The second kappa shape index (κ2) is 7.61. The van der Waals surface area contributed by atoms with Crippen LogP contribution in [0.15, 0.2) is 42.5 Å². The van der Waals surface area contributed by atoms with E-state index in [4.69, 9.17) is 11.6 Å². The Kier molecular flexibility index (Phi) is 5.74. The Morgan fingerprint density at radius 1 is 1.04 bits per heavy atom. The maximum atomic E-state index is 13.6. The third-order valence-corrected chi connectivity index (χ3v) is 3.94. The largest absolute Gasteiger partial charge is 0.347 e. The number of hydrogen-bond acceptors (Lipinski definition) is 2. The van der Waals surface area contributed by atoms with E-state index >= 15 is 0 Å². The summed E-state index contributed by atoms with van der Waals surface area (Å²) in [5.41, 5.74) is 0.149. The van der Waals surface area contributed by atoms with Crippen molar-refractivity contribution in [3.63, 3.8) is 0 Å². The molecule has 2 amide bonds. The lowest BCUT2D eigenvalue weighted by molar-refractivity contribution is -0.136. The molecule has 0 fully saturated rings. The van der Waals surface area contributed by atoms with Gasteiger partial charge in [0.05, 0.1) is 5.69 Å². The zero-order valence-electron chi connectivity index (χ0n) is 13.7. The lowest BCUT2D eigenvalue weighted by Gasteiger charge is -2.25. The number of anilines is 1. The highest BCUT2D eigenvalue weighted by Crippen LogP contribution is 2.22. The highest BCUT2D eigenvalue weighted by Gasteiger charge is 2.24. The molecule has 0 saturated carbocycles. The zero-order chi connectivity index (χ0) is 18.6. The van der Waals surface area contributed by atoms with E-state index in [9.17, 15) is 18.4 Å². The minimum Gasteiger partial charge on any atom is -0.347 e. The van der Waals surface area contributed by atoms with Crippen LogP contribution in [0.2, 0.25) is 5.02 Å². The van der Waals surface area contributed by atoms with E-state index < -0.39 is 23.0 Å². The third-order valence-electron chi connectivity index (χ3n) is 3.70. The molecule has 132 valence electrons. The number of benzene rings is 2. The molecule has 0 aliphatic heterocycles. The summed E-state index contributed by atoms with van der Waals surface area (Å²) in [7, 11) is 0. The van der Waals surface area contributed by atoms with Crippen molar-refractivity contribution >= 4 is 29.1 Å². The number of amides is 2. The normalized spacial score (nSPS) is 11.1. The summed E-state index contributed by atoms with van der Waals surface area (Å²) in [4.78, 5) is 23.8. The summed E-state index contributed by atoms with van der Waals surface area (Å²) in [6, 6.07) is 9.59. The van der Waals surface area contributed by atoms with Gasteiger partial charge in [-0.2, -0.15) is 0 Å². The average Bonchev–Trinajstić information content (AvgIpc) is 2.55. The van der Waals surface area contributed by atoms with Crippen molar-refractivity contribution in [1.29, 1.82) is 0 Å². The van der Waals surface area contributed by atoms with Crippen LogP contribution in [0, 0.1) is 11.6 Å². The molecule has 0 aliphatic carbocycles. The molecule has 0 atom stereocenters. The third kappa shape index (κ3) is 5.00. The fraction of sp³-hybridized carbons (Fsp3) is 0.222. The second-order valence-corrected chi connectivity index (χ2v) is 6.59. The Morgan fingerprint density at radius 2 is 1.68 bits per heavy atom. The molecule has 2 aromatic carbocycles. The Morgan fingerprint density at radius 3 is 2.28 bits per heavy atom. The number of hydrogen-bond donors (Lipinski definition) is 2. The van der Waals surface area contributed by atoms with Crippen molar-refractivity contribution in [3.05, 3.63) is 64.7 Å². The fourth-order valence-corrected chi connectivity index (χ4v) is 2.31. The van der Waals surface area contributed by atoms with Crippen LogP contribution in [0.25, 0.3) is 0 Å². The first-order valence-corrected chi connectivity index (χ1v) is 7.87. The van der Waals surface area contributed by atoms with E-state index in [2.05, 4.69) is 10.6 Å². The van der Waals surface area contributed by atoms with Gasteiger partial charge in [0.2, 0.25) is 0 Å². The quantitative estimate of drug-likeness (QED) is 0.811. The van der Waals surface area contributed by atoms with Crippen LogP contribution in [0.4, 0.5) is 14.5 Å². The van der Waals surface area contributed by atoms with Gasteiger partial charge in [0.15, 0.2) is 0 Å². The molecule has 2 aromatic rings. The topological polar surface area (TPSA) is 58.2 Å². The van der Waals surface area contributed by atoms with E-state index in [1.807, 2.05) is 13.8 Å². The Bertz CT molecular complexity index is 792. The summed E-state index contributed by atoms with van der Waals surface area (Å²) in [6.45, 7) is 3.84. The Balaban J connectivity index is 1.96. The fourth-order valence-electron chi connectivity index (χ4n) is 2.15. The maximum absolute atomic E-state index is 13.6. The molecular weight excluding hydrogens is 350 g/mol. The second-order valence-electron chi connectivity index (χ2n) is 6.15. The van der Waals surface area contributed by atoms with E-state index in [1.165, 1.54) is 24.3 Å². The SMILES string of the molecule is CC(C)(CNC(=O)C(=O)Nc1ccc(Cl)cc1F)c1ccc(F)cc1. The van der Waals surface area contributed by atoms with E-state index in [-0.39, 0.29) is 23.1 Å². The van der Waals surface area contributed by atoms with Gasteiger partial charge in [-0.3, -0.25) is 9.59 Å². The summed E-state index contributed by atoms with van der Waals surface area (Å²) >= 11 is 5.63. The van der Waals surface area contributed by atoms with Crippen LogP contribution >= 0.6 is 11.6 Å². The molecule has 2 rings (SSSR count). The van der Waals surface area contributed by atoms with Gasteiger partial charge in [-0.25, -0.2) is 8.78 Å². The van der Waals surface area contributed by atoms with Crippen molar-refractivity contribution in [2.75, 3.05) is 11.9 Å². The maximum Gasteiger partial charge on any atom is 0.313 e. The average molecular weight is 367 g/mol. The first kappa shape index (κ1) is 18.9. The van der Waals surface area contributed by atoms with E-state index in [0.717, 1.165) is 11.6 Å². The highest BCUT2D eigenvalue weighted by molar-refractivity contribution is 6.39. The molecule has 7 heteroatoms. The lowest BCUT2D eigenvalue weighted by atomic mass is 9.84. The van der Waals surface area contributed by atoms with Crippen LogP contribution < -0.4 is 10.6 Å². The van der Waals surface area contributed by atoms with Crippen LogP contribution in [0.1, 0.15) is 19.4 Å². The molecule has 2 N–H and O–H groups in total. The van der Waals surface area contributed by atoms with Crippen molar-refractivity contribution in [1.82, 2.24) is 5.32 Å². The van der Waals surface area contributed by atoms with E-state index in [1.54, 1.807) is 12.1 Å². The van der Waals surface area contributed by atoms with Gasteiger partial charge in [0.1, 0.15) is 11.6 Å². The molecule has 0 aliphatic rings. The van der Waals surface area contributed by atoms with Crippen LogP contribution in [-0.2, 0) is 15.0 Å². The van der Waals surface area contributed by atoms with Crippen LogP contribution in [0.5, 0.6) is 0 Å². The van der Waals surface area contributed by atoms with E-state index in [0.29, 0.717) is 0 Å². The zero-order valence-corrected chi connectivity index (χ0v) is 14.5. The van der Waals surface area contributed by atoms with Crippen molar-refractivity contribution in [3.8, 4) is 0 Å². The van der Waals surface area contributed by atoms with Gasteiger partial charge in [-0.1, -0.05) is 37.6 Å². The molecule has 4 nitrogen and oxygen atoms in total. The van der Waals surface area contributed by atoms with Crippen molar-refractivity contribution < 1.29 is 18.4 Å². The Hall–Kier alpha value is -2.47. The lowest BCUT2D eigenvalue weighted by Crippen LogP contribution is -2.42. The molecule has 0 saturated heterocycles. The molecule has 0 radical (unpaired) electrons. The molecule has 25 heavy (non-hydrogen) atoms. The van der Waals surface area contributed by atoms with Gasteiger partial charge < -0.3 is 10.6 Å². The standard InChI is InChI=1S/C18H17ClF2N2O2/c1-18(2,11-3-6-13(20)7-4-11)10-22-16(24)17(25)23-15-8-5-12(19)9-14(15)21/h3-9H,10H2,1-2H3,(H,22,24)(H,23,25). The van der Waals surface area contributed by atoms with Crippen LogP contribution in [0.3, 0.4) is 0 Å². The molecule has 0 bridgehead atoms. The predicted molar refractivity (Wildman–Crippen MR) is 92.5 cm³/mol. The van der Waals surface area contributed by atoms with Gasteiger partial charge in [0, 0.05) is 17.0 Å². The summed E-state index contributed by atoms with van der Waals surface area (Å²) in [5.74, 6) is -2.98. The van der Waals surface area contributed by atoms with Crippen molar-refractivity contribution in [2.24, 2.45) is 0 Å². The minimum atomic E-state index is -0.990. The molecule has 0 unspecified atom stereocenters. The van der Waals surface area contributed by atoms with Gasteiger partial charge >= 0.3 is 11.8 Å². The molecule has 0 heterocycles. The monoisotopic (exact) mass is 366 g/mol. The van der Waals surface area contributed by atoms with Gasteiger partial charge in [-0.15, -0.1) is 0 Å². The Labute approximate surface area is 149 Å². The first-order valence-electron chi connectivity index (χ1n) is 7.49. The smallest absolute Gasteiger partial charge is 0.313 e. The number of carbonyl (C=O) groups is 2. The summed E-state index contributed by atoms with van der Waals surface area (Å²) in [6.07, 6.45) is 0. The summed E-state index contributed by atoms with van der Waals surface area (Å²) in [5, 5.41) is 4.86. The number of carbonyl (C=O) groups excluding carboxylic acids is 2. The molecule has 0 spiro atoms.